The zero-order chi connectivity index (χ0) is 26.7. The number of nitro benzene ring substituents is 1. The largest absolute Gasteiger partial charge is 0.508 e. The Morgan fingerprint density at radius 1 is 1.19 bits per heavy atom. The molecule has 0 aromatic heterocycles. The molecule has 1 amide bonds. The molecule has 2 aromatic carbocycles. The van der Waals surface area contributed by atoms with E-state index in [1.54, 1.807) is 37.3 Å². The van der Waals surface area contributed by atoms with Crippen molar-refractivity contribution in [3.05, 3.63) is 82.4 Å². The van der Waals surface area contributed by atoms with Crippen molar-refractivity contribution < 1.29 is 33.9 Å². The monoisotopic (exact) mass is 499 g/mol. The number of nitrogens with one attached hydrogen (secondary N) is 1. The number of ether oxygens (including phenoxy) is 2. The number of amides is 1. The van der Waals surface area contributed by atoms with Crippen LogP contribution in [0.3, 0.4) is 0 Å². The summed E-state index contributed by atoms with van der Waals surface area (Å²) >= 11 is 0. The molecule has 0 spiro atoms. The molecule has 1 atom stereocenters. The lowest BCUT2D eigenvalue weighted by Crippen LogP contribution is -2.64. The Hall–Kier alpha value is -4.25. The average molecular weight is 500 g/mol. The molecule has 0 aliphatic carbocycles. The molecule has 11 heteroatoms. The Morgan fingerprint density at radius 2 is 1.89 bits per heavy atom. The first-order chi connectivity index (χ1) is 17.2. The number of phenolic OH excluding ortho intramolecular Hbond substituents is 1. The van der Waals surface area contributed by atoms with Crippen LogP contribution in [0, 0.1) is 10.1 Å². The maximum absolute atomic E-state index is 13.6. The van der Waals surface area contributed by atoms with Crippen molar-refractivity contribution in [3.8, 4) is 5.75 Å². The van der Waals surface area contributed by atoms with Crippen LogP contribution < -0.4 is 5.32 Å². The molecule has 0 bridgehead atoms. The molecule has 36 heavy (non-hydrogen) atoms. The van der Waals surface area contributed by atoms with Gasteiger partial charge in [0.05, 0.1) is 18.6 Å². The number of non-ortho nitro benzene ring substituents is 1. The van der Waals surface area contributed by atoms with Crippen LogP contribution in [0.15, 0.2) is 61.2 Å². The van der Waals surface area contributed by atoms with Crippen molar-refractivity contribution in [2.24, 2.45) is 0 Å². The van der Waals surface area contributed by atoms with E-state index in [-0.39, 0.29) is 43.1 Å². The third kappa shape index (κ3) is 6.66. The summed E-state index contributed by atoms with van der Waals surface area (Å²) in [5.41, 5.74) is -1.48. The number of carbonyl (C=O) groups is 3. The van der Waals surface area contributed by atoms with Crippen LogP contribution in [0.4, 0.5) is 5.69 Å². The summed E-state index contributed by atoms with van der Waals surface area (Å²) < 4.78 is 9.87. The van der Waals surface area contributed by atoms with Crippen LogP contribution in [0.2, 0.25) is 0 Å². The van der Waals surface area contributed by atoms with E-state index in [1.807, 2.05) is 0 Å². The van der Waals surface area contributed by atoms with Gasteiger partial charge in [0.1, 0.15) is 12.3 Å². The first-order valence-corrected chi connectivity index (χ1v) is 11.1. The van der Waals surface area contributed by atoms with Crippen LogP contribution in [0.5, 0.6) is 5.75 Å². The molecular weight excluding hydrogens is 470 g/mol. The van der Waals surface area contributed by atoms with Gasteiger partial charge < -0.3 is 19.9 Å². The summed E-state index contributed by atoms with van der Waals surface area (Å²) in [7, 11) is 1.16. The minimum atomic E-state index is -2.03. The molecule has 0 heterocycles. The highest BCUT2D eigenvalue weighted by atomic mass is 16.6. The fraction of sp³-hybridized carbons (Fsp3) is 0.320. The number of methoxy groups -OCH3 is 1. The van der Waals surface area contributed by atoms with Gasteiger partial charge in [0.2, 0.25) is 5.54 Å². The SMILES string of the molecule is C=CC[C@](C(=O)NCC(=O)OC)(C(=O)OCC)N(Cc1ccccc1)Cc1cc([N+](=O)[O-])ccc1O. The minimum Gasteiger partial charge on any atom is -0.508 e. The topological polar surface area (TPSA) is 148 Å². The molecule has 0 saturated heterocycles. The smallest absolute Gasteiger partial charge is 0.336 e. The predicted octanol–water partition coefficient (Wildman–Crippen LogP) is 2.47. The third-order valence-electron chi connectivity index (χ3n) is 5.44. The average Bonchev–Trinajstić information content (AvgIpc) is 2.87. The van der Waals surface area contributed by atoms with Gasteiger partial charge in [-0.3, -0.25) is 24.6 Å². The van der Waals surface area contributed by atoms with Crippen LogP contribution in [0.1, 0.15) is 24.5 Å². The molecule has 2 N–H and O–H groups in total. The van der Waals surface area contributed by atoms with E-state index in [2.05, 4.69) is 16.6 Å². The number of carbonyl (C=O) groups excluding carboxylic acids is 3. The van der Waals surface area contributed by atoms with E-state index >= 15 is 0 Å². The van der Waals surface area contributed by atoms with Crippen molar-refractivity contribution in [1.29, 1.82) is 0 Å². The summed E-state index contributed by atoms with van der Waals surface area (Å²) in [6.45, 7) is 4.49. The van der Waals surface area contributed by atoms with Crippen LogP contribution in [0.25, 0.3) is 0 Å². The third-order valence-corrected chi connectivity index (χ3v) is 5.44. The Labute approximate surface area is 208 Å². The first kappa shape index (κ1) is 28.0. The van der Waals surface area contributed by atoms with Gasteiger partial charge in [-0.1, -0.05) is 36.4 Å². The number of rotatable bonds is 13. The second kappa shape index (κ2) is 13.0. The number of hydrogen-bond acceptors (Lipinski definition) is 9. The molecule has 2 rings (SSSR count). The van der Waals surface area contributed by atoms with Gasteiger partial charge in [0.15, 0.2) is 0 Å². The normalized spacial score (nSPS) is 12.3. The summed E-state index contributed by atoms with van der Waals surface area (Å²) in [5.74, 6) is -2.75. The van der Waals surface area contributed by atoms with Gasteiger partial charge >= 0.3 is 11.9 Å². The lowest BCUT2D eigenvalue weighted by atomic mass is 9.89. The Morgan fingerprint density at radius 3 is 2.47 bits per heavy atom. The molecule has 2 aromatic rings. The lowest BCUT2D eigenvalue weighted by Gasteiger charge is -2.40. The van der Waals surface area contributed by atoms with Gasteiger partial charge in [-0.25, -0.2) is 4.79 Å². The number of esters is 2. The van der Waals surface area contributed by atoms with Gasteiger partial charge in [-0.05, 0) is 18.6 Å². The van der Waals surface area contributed by atoms with E-state index in [1.165, 1.54) is 23.1 Å². The standard InChI is InChI=1S/C25H29N3O8/c1-4-13-25(24(32)36-5-2,23(31)26-15-22(30)35-3)27(16-18-9-7-6-8-10-18)17-19-14-20(28(33)34)11-12-21(19)29/h4,6-12,14,29H,1,5,13,15-17H2,2-3H3,(H,26,31)/t25-/m0/s1. The summed E-state index contributed by atoms with van der Waals surface area (Å²) in [5, 5.41) is 24.2. The second-order valence-corrected chi connectivity index (χ2v) is 7.74. The molecule has 11 nitrogen and oxygen atoms in total. The van der Waals surface area contributed by atoms with Crippen molar-refractivity contribution in [2.45, 2.75) is 32.0 Å². The Bertz CT molecular complexity index is 1110. The van der Waals surface area contributed by atoms with Gasteiger partial charge in [-0.15, -0.1) is 6.58 Å². The maximum Gasteiger partial charge on any atom is 0.336 e. The summed E-state index contributed by atoms with van der Waals surface area (Å²) in [4.78, 5) is 50.9. The van der Waals surface area contributed by atoms with Crippen molar-refractivity contribution in [2.75, 3.05) is 20.3 Å². The summed E-state index contributed by atoms with van der Waals surface area (Å²) in [6, 6.07) is 12.4. The highest BCUT2D eigenvalue weighted by molar-refractivity contribution is 6.08. The molecule has 0 radical (unpaired) electrons. The van der Waals surface area contributed by atoms with E-state index in [4.69, 9.17) is 4.74 Å². The highest BCUT2D eigenvalue weighted by Crippen LogP contribution is 2.32. The highest BCUT2D eigenvalue weighted by Gasteiger charge is 2.51. The van der Waals surface area contributed by atoms with E-state index in [9.17, 15) is 29.6 Å². The lowest BCUT2D eigenvalue weighted by molar-refractivity contribution is -0.385. The van der Waals surface area contributed by atoms with E-state index in [0.29, 0.717) is 5.56 Å². The van der Waals surface area contributed by atoms with Crippen molar-refractivity contribution >= 4 is 23.5 Å². The molecule has 0 aliphatic rings. The van der Waals surface area contributed by atoms with Gasteiger partial charge in [0.25, 0.3) is 11.6 Å². The number of nitrogens with zero attached hydrogens (tertiary/aromatic N) is 2. The van der Waals surface area contributed by atoms with Crippen LogP contribution in [-0.4, -0.2) is 58.6 Å². The van der Waals surface area contributed by atoms with Crippen LogP contribution in [-0.2, 0) is 36.9 Å². The minimum absolute atomic E-state index is 0.0151. The van der Waals surface area contributed by atoms with Crippen LogP contribution >= 0.6 is 0 Å². The maximum atomic E-state index is 13.6. The molecule has 192 valence electrons. The second-order valence-electron chi connectivity index (χ2n) is 7.74. The van der Waals surface area contributed by atoms with Gasteiger partial charge in [-0.2, -0.15) is 0 Å². The fourth-order valence-corrected chi connectivity index (χ4v) is 3.65. The van der Waals surface area contributed by atoms with E-state index in [0.717, 1.165) is 13.2 Å². The number of nitro groups is 1. The number of phenols is 1. The number of aromatic hydroxyl groups is 1. The molecular formula is C25H29N3O8. The first-order valence-electron chi connectivity index (χ1n) is 11.1. The zero-order valence-electron chi connectivity index (χ0n) is 20.1. The Balaban J connectivity index is 2.68. The number of benzene rings is 2. The molecule has 0 aliphatic heterocycles. The van der Waals surface area contributed by atoms with Crippen molar-refractivity contribution in [1.82, 2.24) is 10.2 Å². The van der Waals surface area contributed by atoms with E-state index < -0.39 is 34.9 Å². The van der Waals surface area contributed by atoms with Crippen molar-refractivity contribution in [3.63, 3.8) is 0 Å². The molecule has 0 saturated carbocycles. The molecule has 0 fully saturated rings. The quantitative estimate of drug-likeness (QED) is 0.139. The Kier molecular flexibility index (Phi) is 10.1. The zero-order valence-corrected chi connectivity index (χ0v) is 20.1. The van der Waals surface area contributed by atoms with Gasteiger partial charge in [0, 0.05) is 37.2 Å². The fourth-order valence-electron chi connectivity index (χ4n) is 3.65. The predicted molar refractivity (Wildman–Crippen MR) is 130 cm³/mol. The summed E-state index contributed by atoms with van der Waals surface area (Å²) in [6.07, 6.45) is 1.14. The number of hydrogen-bond donors (Lipinski definition) is 2. The molecule has 0 unspecified atom stereocenters.